The van der Waals surface area contributed by atoms with Crippen LogP contribution in [0, 0.1) is 18.1 Å². The fourth-order valence-corrected chi connectivity index (χ4v) is 13.4. The van der Waals surface area contributed by atoms with Gasteiger partial charge < -0.3 is 4.57 Å². The van der Waals surface area contributed by atoms with Crippen LogP contribution in [0.25, 0.3) is 92.2 Å². The molecule has 6 heteroatoms. The van der Waals surface area contributed by atoms with Crippen molar-refractivity contribution in [2.24, 2.45) is 5.92 Å². The summed E-state index contributed by atoms with van der Waals surface area (Å²) in [6.45, 7) is 4.57. The van der Waals surface area contributed by atoms with Crippen LogP contribution >= 0.6 is 11.3 Å². The minimum Gasteiger partial charge on any atom is -0.332 e. The Kier molecular flexibility index (Phi) is 12.1. The zero-order valence-corrected chi connectivity index (χ0v) is 41.4. The van der Waals surface area contributed by atoms with Crippen molar-refractivity contribution in [1.29, 1.82) is 0 Å². The van der Waals surface area contributed by atoms with E-state index in [0.29, 0.717) is 5.92 Å². The Hall–Kier alpha value is -5.69. The Bertz CT molecular complexity index is 3400. The van der Waals surface area contributed by atoms with Crippen LogP contribution < -0.4 is 4.40 Å². The molecule has 0 fully saturated rings. The topological polar surface area (TPSA) is 30.7 Å². The first-order chi connectivity index (χ1) is 30.2. The molecule has 0 saturated carbocycles. The summed E-state index contributed by atoms with van der Waals surface area (Å²) in [7, 11) is 0. The molecule has 11 aromatic rings. The van der Waals surface area contributed by atoms with E-state index in [1.807, 2.05) is 29.5 Å². The Labute approximate surface area is 390 Å². The molecule has 1 radical (unpaired) electrons. The summed E-state index contributed by atoms with van der Waals surface area (Å²) >= 11 is -0.0378. The number of thiophene rings is 1. The van der Waals surface area contributed by atoms with Crippen LogP contribution in [0.5, 0.6) is 0 Å². The molecular formula is C57H47GeIrN3S-2. The molecule has 0 spiro atoms. The van der Waals surface area contributed by atoms with Gasteiger partial charge >= 0.3 is 126 Å². The summed E-state index contributed by atoms with van der Waals surface area (Å²) < 4.78 is 6.42. The molecule has 0 atom stereocenters. The molecule has 0 amide bonds. The molecule has 0 aliphatic heterocycles. The average molecular weight is 1070 g/mol. The average Bonchev–Trinajstić information content (AvgIpc) is 3.88. The number of rotatable bonds is 7. The van der Waals surface area contributed by atoms with Gasteiger partial charge in [0, 0.05) is 41.1 Å². The van der Waals surface area contributed by atoms with Gasteiger partial charge in [-0.05, 0) is 38.6 Å². The maximum Gasteiger partial charge on any atom is 0.0852 e. The molecule has 0 unspecified atom stereocenters. The third-order valence-corrected chi connectivity index (χ3v) is 17.3. The molecule has 3 nitrogen and oxygen atoms in total. The van der Waals surface area contributed by atoms with Crippen LogP contribution in [-0.4, -0.2) is 27.8 Å². The number of benzene rings is 8. The van der Waals surface area contributed by atoms with Crippen molar-refractivity contribution in [1.82, 2.24) is 14.5 Å². The van der Waals surface area contributed by atoms with Crippen LogP contribution in [0.2, 0.25) is 17.3 Å². The van der Waals surface area contributed by atoms with E-state index in [-0.39, 0.29) is 20.1 Å². The van der Waals surface area contributed by atoms with Gasteiger partial charge in [0.15, 0.2) is 0 Å². The van der Waals surface area contributed by atoms with E-state index in [9.17, 15) is 0 Å². The number of imidazole rings is 1. The fourth-order valence-electron chi connectivity index (χ4n) is 8.89. The minimum absolute atomic E-state index is 0. The standard InChI is InChI=1S/C39H23N2S.C18H24GeN.Ir/c1-2-11-25(12-3-1)30-23-21-27-14-5-7-16-29(27)37(30)41-34-24-22-26-13-4-6-15-28(26)36(34)40-39(41)33-19-10-18-32-31-17-8-9-20-35(31)42-38(32)33;1-14(2)11-16-12-18(15-9-7-6-8-10-15)20-13-17(16)19(3,4)5;/h1-18,20-24H;6-9,12-14H,11H2,1-5H3;/q2*-1;. The van der Waals surface area contributed by atoms with Gasteiger partial charge in [-0.15, -0.1) is 18.2 Å². The molecule has 0 N–H and O–H groups in total. The minimum atomic E-state index is -1.86. The van der Waals surface area contributed by atoms with Crippen LogP contribution in [0.15, 0.2) is 176 Å². The monoisotopic (exact) mass is 1070 g/mol. The summed E-state index contributed by atoms with van der Waals surface area (Å²) in [5, 5.41) is 7.25. The first kappa shape index (κ1) is 42.6. The predicted octanol–water partition coefficient (Wildman–Crippen LogP) is 15.1. The molecule has 8 aromatic carbocycles. The van der Waals surface area contributed by atoms with Crippen LogP contribution in [-0.2, 0) is 26.5 Å². The normalized spacial score (nSPS) is 11.7. The molecule has 63 heavy (non-hydrogen) atoms. The van der Waals surface area contributed by atoms with Crippen LogP contribution in [0.4, 0.5) is 0 Å². The van der Waals surface area contributed by atoms with Crippen molar-refractivity contribution in [2.75, 3.05) is 0 Å². The number of pyridine rings is 1. The molecule has 3 heterocycles. The maximum atomic E-state index is 5.49. The quantitative estimate of drug-likeness (QED) is 0.118. The number of fused-ring (bicyclic) bond motifs is 7. The van der Waals surface area contributed by atoms with Crippen molar-refractivity contribution in [3.63, 3.8) is 0 Å². The summed E-state index contributed by atoms with van der Waals surface area (Å²) in [5.41, 5.74) is 10.2. The summed E-state index contributed by atoms with van der Waals surface area (Å²) in [6.07, 6.45) is 3.27. The Morgan fingerprint density at radius 2 is 1.33 bits per heavy atom. The van der Waals surface area contributed by atoms with Gasteiger partial charge in [0.1, 0.15) is 0 Å². The number of aromatic nitrogens is 3. The number of nitrogens with zero attached hydrogens (tertiary/aromatic N) is 3. The van der Waals surface area contributed by atoms with Crippen molar-refractivity contribution in [2.45, 2.75) is 37.5 Å². The van der Waals surface area contributed by atoms with Gasteiger partial charge in [0.25, 0.3) is 0 Å². The van der Waals surface area contributed by atoms with Crippen molar-refractivity contribution >= 4 is 81.7 Å². The van der Waals surface area contributed by atoms with Crippen molar-refractivity contribution in [3.05, 3.63) is 194 Å². The number of hydrogen-bond acceptors (Lipinski definition) is 3. The molecule has 11 rings (SSSR count). The smallest absolute Gasteiger partial charge is 0.0852 e. The van der Waals surface area contributed by atoms with Crippen LogP contribution in [0.1, 0.15) is 19.4 Å². The van der Waals surface area contributed by atoms with E-state index < -0.39 is 13.3 Å². The van der Waals surface area contributed by atoms with E-state index >= 15 is 0 Å². The largest absolute Gasteiger partial charge is 0.332 e. The first-order valence-corrected chi connectivity index (χ1v) is 29.7. The zero-order valence-electron chi connectivity index (χ0n) is 36.1. The van der Waals surface area contributed by atoms with E-state index in [0.717, 1.165) is 51.2 Å². The second-order valence-corrected chi connectivity index (χ2v) is 29.1. The third kappa shape index (κ3) is 8.20. The molecule has 311 valence electrons. The van der Waals surface area contributed by atoms with Crippen LogP contribution in [0.3, 0.4) is 0 Å². The second-order valence-electron chi connectivity index (χ2n) is 17.5. The van der Waals surface area contributed by atoms with Gasteiger partial charge in [-0.2, -0.15) is 11.3 Å². The molecule has 0 aliphatic carbocycles. The molecule has 0 bridgehead atoms. The summed E-state index contributed by atoms with van der Waals surface area (Å²) in [4.78, 5) is 10.2. The van der Waals surface area contributed by atoms with Gasteiger partial charge in [-0.3, -0.25) is 4.98 Å². The predicted molar refractivity (Wildman–Crippen MR) is 269 cm³/mol. The summed E-state index contributed by atoms with van der Waals surface area (Å²) in [5.74, 6) is 8.90. The number of hydrogen-bond donors (Lipinski definition) is 0. The molecule has 0 aliphatic rings. The van der Waals surface area contributed by atoms with Crippen molar-refractivity contribution in [3.8, 4) is 39.5 Å². The van der Waals surface area contributed by atoms with Gasteiger partial charge in [0.2, 0.25) is 0 Å². The van der Waals surface area contributed by atoms with E-state index in [1.54, 1.807) is 4.40 Å². The zero-order chi connectivity index (χ0) is 42.4. The van der Waals surface area contributed by atoms with Gasteiger partial charge in [-0.25, -0.2) is 0 Å². The maximum absolute atomic E-state index is 5.49. The van der Waals surface area contributed by atoms with E-state index in [1.165, 1.54) is 53.0 Å². The fraction of sp³-hybridized carbons (Fsp3) is 0.123. The molecule has 0 saturated heterocycles. The van der Waals surface area contributed by atoms with E-state index in [4.69, 9.17) is 9.97 Å². The van der Waals surface area contributed by atoms with Gasteiger partial charge in [-0.1, -0.05) is 126 Å². The Morgan fingerprint density at radius 1 is 0.651 bits per heavy atom. The first-order valence-electron chi connectivity index (χ1n) is 21.5. The second kappa shape index (κ2) is 17.8. The van der Waals surface area contributed by atoms with Gasteiger partial charge in [0.05, 0.1) is 22.5 Å². The molecule has 3 aromatic heterocycles. The van der Waals surface area contributed by atoms with Crippen molar-refractivity contribution < 1.29 is 20.1 Å². The summed E-state index contributed by atoms with van der Waals surface area (Å²) in [6, 6.07) is 67.0. The molecular weight excluding hydrogens is 1020 g/mol. The third-order valence-electron chi connectivity index (χ3n) is 11.7. The Morgan fingerprint density at radius 3 is 2.08 bits per heavy atom. The van der Waals surface area contributed by atoms with E-state index in [2.05, 4.69) is 206 Å². The Balaban J connectivity index is 0.000000204. The SMILES string of the molecule is CC(C)Cc1cc(-c2[c-]cccc2)nc[c]1[Ge]([CH3])([CH3])[CH3].[Ir].[c-]1ccc2c(sc3ccccc32)c1-c1nc2c3ccccc3ccc2n1-c1c(-c2ccccc2)ccc2ccccc12.